The van der Waals surface area contributed by atoms with Crippen molar-refractivity contribution in [1.82, 2.24) is 35.1 Å². The standard InChI is InChI=1S/C22H20ClN9S/c1-12-18(17-9-14(10-26-22(24)25)6-7-32(17)31-12)21-29-16(8-13-2-4-15(23)5-3-13)19(33-21)20-27-11-28-30-20/h2-7,9,11H,8,10H2,1H3,(H4,24,25,26)(H,27,28,30). The van der Waals surface area contributed by atoms with E-state index in [1.165, 1.54) is 0 Å². The van der Waals surface area contributed by atoms with Crippen LogP contribution in [0.15, 0.2) is 48.9 Å². The van der Waals surface area contributed by atoms with Crippen LogP contribution in [0.3, 0.4) is 0 Å². The van der Waals surface area contributed by atoms with Gasteiger partial charge < -0.3 is 16.0 Å². The van der Waals surface area contributed by atoms with Crippen molar-refractivity contribution < 1.29 is 0 Å². The summed E-state index contributed by atoms with van der Waals surface area (Å²) in [5, 5.41) is 24.6. The van der Waals surface area contributed by atoms with Crippen molar-refractivity contribution in [3.63, 3.8) is 0 Å². The molecule has 9 nitrogen and oxygen atoms in total. The van der Waals surface area contributed by atoms with Crippen LogP contribution >= 0.6 is 22.9 Å². The van der Waals surface area contributed by atoms with Crippen LogP contribution < -0.4 is 11.1 Å². The SMILES string of the molecule is Cc1nn2ccc(CNC(=N)N)cc2c1-c1nc(Cc2ccc(Cl)cc2)c(-c2nnc[nH]2)s1. The lowest BCUT2D eigenvalue weighted by Crippen LogP contribution is -2.29. The van der Waals surface area contributed by atoms with Crippen LogP contribution in [0.2, 0.25) is 5.02 Å². The minimum atomic E-state index is -0.0664. The molecule has 5 N–H and O–H groups in total. The largest absolute Gasteiger partial charge is 0.370 e. The maximum atomic E-state index is 7.41. The zero-order valence-corrected chi connectivity index (χ0v) is 19.2. The molecule has 4 aromatic heterocycles. The smallest absolute Gasteiger partial charge is 0.185 e. The van der Waals surface area contributed by atoms with Crippen molar-refractivity contribution in [3.05, 3.63) is 76.5 Å². The lowest BCUT2D eigenvalue weighted by molar-refractivity contribution is 0.880. The van der Waals surface area contributed by atoms with Crippen LogP contribution in [-0.2, 0) is 13.0 Å². The van der Waals surface area contributed by atoms with Gasteiger partial charge in [0.25, 0.3) is 0 Å². The Bertz CT molecular complexity index is 1440. The fourth-order valence-electron chi connectivity index (χ4n) is 3.65. The minimum Gasteiger partial charge on any atom is -0.370 e. The van der Waals surface area contributed by atoms with Gasteiger partial charge in [-0.15, -0.1) is 21.5 Å². The number of hydrogen-bond acceptors (Lipinski definition) is 6. The van der Waals surface area contributed by atoms with Gasteiger partial charge >= 0.3 is 0 Å². The third-order valence-electron chi connectivity index (χ3n) is 5.19. The highest BCUT2D eigenvalue weighted by atomic mass is 35.5. The van der Waals surface area contributed by atoms with Crippen molar-refractivity contribution in [2.45, 2.75) is 19.9 Å². The van der Waals surface area contributed by atoms with E-state index < -0.39 is 0 Å². The predicted molar refractivity (Wildman–Crippen MR) is 129 cm³/mol. The van der Waals surface area contributed by atoms with E-state index in [-0.39, 0.29) is 5.96 Å². The molecule has 0 fully saturated rings. The summed E-state index contributed by atoms with van der Waals surface area (Å²) in [4.78, 5) is 9.05. The second-order valence-electron chi connectivity index (χ2n) is 7.53. The van der Waals surface area contributed by atoms with E-state index in [1.807, 2.05) is 54.0 Å². The number of hydrogen-bond donors (Lipinski definition) is 4. The Morgan fingerprint density at radius 1 is 1.24 bits per heavy atom. The highest BCUT2D eigenvalue weighted by molar-refractivity contribution is 7.18. The molecular weight excluding hydrogens is 458 g/mol. The number of halogens is 1. The molecule has 1 aromatic carbocycles. The first-order valence-corrected chi connectivity index (χ1v) is 11.3. The van der Waals surface area contributed by atoms with Gasteiger partial charge in [0, 0.05) is 24.2 Å². The molecule has 0 radical (unpaired) electrons. The molecule has 11 heteroatoms. The quantitative estimate of drug-likeness (QED) is 0.217. The Balaban J connectivity index is 1.60. The highest BCUT2D eigenvalue weighted by Crippen LogP contribution is 2.38. The number of rotatable bonds is 6. The number of aryl methyl sites for hydroxylation is 1. The molecule has 0 aliphatic carbocycles. The van der Waals surface area contributed by atoms with Gasteiger partial charge in [-0.25, -0.2) is 9.50 Å². The first-order chi connectivity index (χ1) is 16.0. The van der Waals surface area contributed by atoms with Gasteiger partial charge in [0.1, 0.15) is 11.3 Å². The number of aromatic nitrogens is 6. The number of guanidine groups is 1. The van der Waals surface area contributed by atoms with Crippen LogP contribution in [0.25, 0.3) is 26.8 Å². The Morgan fingerprint density at radius 2 is 2.06 bits per heavy atom. The molecule has 33 heavy (non-hydrogen) atoms. The molecule has 0 amide bonds. The molecule has 0 saturated heterocycles. The summed E-state index contributed by atoms with van der Waals surface area (Å²) in [6.45, 7) is 2.43. The Morgan fingerprint density at radius 3 is 2.79 bits per heavy atom. The molecule has 0 aliphatic rings. The number of fused-ring (bicyclic) bond motifs is 1. The van der Waals surface area contributed by atoms with Gasteiger partial charge in [0.2, 0.25) is 0 Å². The average molecular weight is 478 g/mol. The second-order valence-corrected chi connectivity index (χ2v) is 8.96. The van der Waals surface area contributed by atoms with Crippen LogP contribution in [0, 0.1) is 12.3 Å². The summed E-state index contributed by atoms with van der Waals surface area (Å²) in [7, 11) is 0. The molecule has 0 unspecified atom stereocenters. The highest BCUT2D eigenvalue weighted by Gasteiger charge is 2.21. The predicted octanol–water partition coefficient (Wildman–Crippen LogP) is 3.78. The number of aromatic amines is 1. The van der Waals surface area contributed by atoms with E-state index in [4.69, 9.17) is 27.7 Å². The number of nitrogens with two attached hydrogens (primary N) is 1. The third-order valence-corrected chi connectivity index (χ3v) is 6.56. The second kappa shape index (κ2) is 8.64. The topological polar surface area (TPSA) is 134 Å². The van der Waals surface area contributed by atoms with Crippen molar-refractivity contribution in [3.8, 4) is 21.3 Å². The lowest BCUT2D eigenvalue weighted by atomic mass is 10.1. The van der Waals surface area contributed by atoms with E-state index in [2.05, 4.69) is 25.6 Å². The summed E-state index contributed by atoms with van der Waals surface area (Å²) >= 11 is 7.61. The number of thiazole rings is 1. The fraction of sp³-hybridized carbons (Fsp3) is 0.136. The summed E-state index contributed by atoms with van der Waals surface area (Å²) in [5.41, 5.74) is 11.2. The summed E-state index contributed by atoms with van der Waals surface area (Å²) < 4.78 is 1.84. The Labute approximate surface area is 198 Å². The summed E-state index contributed by atoms with van der Waals surface area (Å²) in [6.07, 6.45) is 4.11. The molecule has 166 valence electrons. The maximum Gasteiger partial charge on any atom is 0.185 e. The van der Waals surface area contributed by atoms with E-state index in [1.54, 1.807) is 17.7 Å². The van der Waals surface area contributed by atoms with E-state index in [0.717, 1.165) is 43.5 Å². The Hall–Kier alpha value is -3.76. The van der Waals surface area contributed by atoms with Crippen molar-refractivity contribution >= 4 is 34.4 Å². The van der Waals surface area contributed by atoms with E-state index in [0.29, 0.717) is 23.8 Å². The first kappa shape index (κ1) is 21.1. The van der Waals surface area contributed by atoms with Crippen molar-refractivity contribution in [2.75, 3.05) is 0 Å². The number of nitrogens with zero attached hydrogens (tertiary/aromatic N) is 5. The van der Waals surface area contributed by atoms with Crippen molar-refractivity contribution in [2.24, 2.45) is 5.73 Å². The molecule has 5 aromatic rings. The van der Waals surface area contributed by atoms with Crippen LogP contribution in [0.5, 0.6) is 0 Å². The number of pyridine rings is 1. The summed E-state index contributed by atoms with van der Waals surface area (Å²) in [6, 6.07) is 11.8. The number of benzene rings is 1. The van der Waals surface area contributed by atoms with Gasteiger partial charge in [-0.05, 0) is 42.3 Å². The van der Waals surface area contributed by atoms with Crippen LogP contribution in [-0.4, -0.2) is 35.7 Å². The zero-order chi connectivity index (χ0) is 22.9. The van der Waals surface area contributed by atoms with Gasteiger partial charge in [-0.1, -0.05) is 23.7 Å². The molecule has 5 rings (SSSR count). The molecular formula is C22H20ClN9S. The van der Waals surface area contributed by atoms with E-state index in [9.17, 15) is 0 Å². The molecule has 0 aliphatic heterocycles. The molecule has 0 bridgehead atoms. The lowest BCUT2D eigenvalue weighted by Gasteiger charge is -2.05. The first-order valence-electron chi connectivity index (χ1n) is 10.1. The average Bonchev–Trinajstić information content (AvgIpc) is 3.51. The zero-order valence-electron chi connectivity index (χ0n) is 17.6. The minimum absolute atomic E-state index is 0.0664. The fourth-order valence-corrected chi connectivity index (χ4v) is 4.92. The van der Waals surface area contributed by atoms with Gasteiger partial charge in [-0.3, -0.25) is 5.41 Å². The maximum absolute atomic E-state index is 7.41. The van der Waals surface area contributed by atoms with E-state index >= 15 is 0 Å². The molecule has 4 heterocycles. The number of H-pyrrole nitrogens is 1. The molecule has 0 saturated carbocycles. The molecule has 0 atom stereocenters. The van der Waals surface area contributed by atoms with Gasteiger partial charge in [0.05, 0.1) is 27.3 Å². The Kier molecular flexibility index (Phi) is 5.53. The normalized spacial score (nSPS) is 11.2. The monoisotopic (exact) mass is 477 g/mol. The number of nitrogens with one attached hydrogen (secondary N) is 3. The van der Waals surface area contributed by atoms with Gasteiger partial charge in [-0.2, -0.15) is 5.10 Å². The summed E-state index contributed by atoms with van der Waals surface area (Å²) in [5.74, 6) is 0.617. The third kappa shape index (κ3) is 4.30. The van der Waals surface area contributed by atoms with Crippen molar-refractivity contribution in [1.29, 1.82) is 5.41 Å². The van der Waals surface area contributed by atoms with Crippen LogP contribution in [0.4, 0.5) is 0 Å². The van der Waals surface area contributed by atoms with Gasteiger partial charge in [0.15, 0.2) is 11.8 Å². The molecule has 0 spiro atoms. The van der Waals surface area contributed by atoms with Crippen LogP contribution in [0.1, 0.15) is 22.5 Å².